The molecule has 11 nitrogen and oxygen atoms in total. The zero-order valence-electron chi connectivity index (χ0n) is 43.0. The van der Waals surface area contributed by atoms with Gasteiger partial charge in [0, 0.05) is 32.2 Å². The monoisotopic (exact) mass is 923 g/mol. The molecule has 0 saturated carbocycles. The molecule has 0 aromatic carbocycles. The minimum atomic E-state index is -1.53. The van der Waals surface area contributed by atoms with Gasteiger partial charge in [-0.05, 0) is 33.4 Å². The van der Waals surface area contributed by atoms with Crippen molar-refractivity contribution in [3.8, 4) is 0 Å². The number of carbonyl (C=O) groups is 5. The van der Waals surface area contributed by atoms with Gasteiger partial charge in [0.15, 0.2) is 0 Å². The van der Waals surface area contributed by atoms with E-state index in [9.17, 15) is 24.0 Å². The van der Waals surface area contributed by atoms with Crippen molar-refractivity contribution in [2.75, 3.05) is 47.1 Å². The van der Waals surface area contributed by atoms with Gasteiger partial charge >= 0.3 is 23.9 Å². The van der Waals surface area contributed by atoms with E-state index < -0.39 is 35.3 Å². The normalized spacial score (nSPS) is 11.5. The predicted octanol–water partition coefficient (Wildman–Crippen LogP) is 13.5. The van der Waals surface area contributed by atoms with Gasteiger partial charge < -0.3 is 29.2 Å². The number of ether oxygens (including phenoxy) is 4. The Morgan fingerprint density at radius 3 is 0.892 bits per heavy atom. The second-order valence-corrected chi connectivity index (χ2v) is 19.2. The summed E-state index contributed by atoms with van der Waals surface area (Å²) in [6, 6.07) is 0. The van der Waals surface area contributed by atoms with Gasteiger partial charge in [-0.1, -0.05) is 213 Å². The average molecular weight is 923 g/mol. The molecule has 0 aliphatic carbocycles. The molecule has 0 unspecified atom stereocenters. The number of hydrogen-bond acceptors (Lipinski definition) is 10. The number of hydrogen-bond donors (Lipinski definition) is 1. The molecule has 1 amide bonds. The Morgan fingerprint density at radius 2 is 0.615 bits per heavy atom. The molecule has 0 aromatic rings. The molecule has 0 bridgehead atoms. The molecule has 65 heavy (non-hydrogen) atoms. The van der Waals surface area contributed by atoms with Gasteiger partial charge in [-0.15, -0.1) is 0 Å². The molecule has 0 aliphatic heterocycles. The van der Waals surface area contributed by atoms with Crippen molar-refractivity contribution in [1.82, 2.24) is 10.2 Å². The molecule has 0 fully saturated rings. The lowest BCUT2D eigenvalue weighted by atomic mass is 10.0. The Kier molecular flexibility index (Phi) is 44.5. The molecule has 0 heterocycles. The second kappa shape index (κ2) is 46.4. The Bertz CT molecular complexity index is 1040. The van der Waals surface area contributed by atoms with Crippen LogP contribution in [0.25, 0.3) is 0 Å². The van der Waals surface area contributed by atoms with Crippen LogP contribution in [0.3, 0.4) is 0 Å². The average Bonchev–Trinajstić information content (AvgIpc) is 3.28. The topological polar surface area (TPSA) is 138 Å². The first kappa shape index (κ1) is 62.3. The molecule has 382 valence electrons. The number of esters is 4. The third-order valence-corrected chi connectivity index (χ3v) is 12.2. The summed E-state index contributed by atoms with van der Waals surface area (Å²) in [4.78, 5) is 67.2. The number of likely N-dealkylation sites (N-methyl/N-ethyl adjacent to an activating group) is 1. The fourth-order valence-corrected chi connectivity index (χ4v) is 7.89. The van der Waals surface area contributed by atoms with Crippen LogP contribution in [0.2, 0.25) is 0 Å². The van der Waals surface area contributed by atoms with Gasteiger partial charge in [0.1, 0.15) is 32.0 Å². The van der Waals surface area contributed by atoms with Crippen molar-refractivity contribution < 1.29 is 42.9 Å². The van der Waals surface area contributed by atoms with E-state index in [0.717, 1.165) is 57.8 Å². The molecule has 0 rings (SSSR count). The second-order valence-electron chi connectivity index (χ2n) is 19.2. The molecule has 0 aromatic heterocycles. The highest BCUT2D eigenvalue weighted by atomic mass is 16.6. The predicted molar refractivity (Wildman–Crippen MR) is 266 cm³/mol. The number of nitrogens with zero attached hydrogens (tertiary/aromatic N) is 1. The lowest BCUT2D eigenvalue weighted by molar-refractivity contribution is -0.159. The van der Waals surface area contributed by atoms with Crippen LogP contribution in [-0.4, -0.2) is 87.3 Å². The highest BCUT2D eigenvalue weighted by Crippen LogP contribution is 2.18. The molecule has 1 N–H and O–H groups in total. The van der Waals surface area contributed by atoms with Crippen LogP contribution in [0.1, 0.15) is 265 Å². The van der Waals surface area contributed by atoms with E-state index in [1.54, 1.807) is 0 Å². The van der Waals surface area contributed by atoms with Crippen molar-refractivity contribution in [2.24, 2.45) is 0 Å². The summed E-state index contributed by atoms with van der Waals surface area (Å²) in [6.45, 7) is 6.42. The molecular formula is C54H102N2O9. The molecule has 0 atom stereocenters. The van der Waals surface area contributed by atoms with E-state index in [-0.39, 0.29) is 58.5 Å². The minimum absolute atomic E-state index is 0.161. The number of nitrogens with one attached hydrogen (secondary N) is 1. The smallest absolute Gasteiger partial charge is 0.306 e. The summed E-state index contributed by atoms with van der Waals surface area (Å²) < 4.78 is 22.6. The lowest BCUT2D eigenvalue weighted by Gasteiger charge is -2.33. The molecule has 0 saturated heterocycles. The quantitative estimate of drug-likeness (QED) is 0.0356. The van der Waals surface area contributed by atoms with Gasteiger partial charge in [0.05, 0.1) is 6.42 Å². The van der Waals surface area contributed by atoms with Crippen molar-refractivity contribution >= 4 is 29.8 Å². The largest absolute Gasteiger partial charge is 0.464 e. The van der Waals surface area contributed by atoms with Crippen LogP contribution >= 0.6 is 0 Å². The third-order valence-electron chi connectivity index (χ3n) is 12.2. The Balaban J connectivity index is 5.50. The van der Waals surface area contributed by atoms with Crippen LogP contribution in [0.5, 0.6) is 0 Å². The van der Waals surface area contributed by atoms with E-state index in [2.05, 4.69) is 26.1 Å². The summed E-state index contributed by atoms with van der Waals surface area (Å²) in [5.41, 5.74) is -1.53. The van der Waals surface area contributed by atoms with Crippen molar-refractivity contribution in [3.63, 3.8) is 0 Å². The summed E-state index contributed by atoms with van der Waals surface area (Å²) in [6.07, 6.45) is 38.6. The van der Waals surface area contributed by atoms with Gasteiger partial charge in [0.2, 0.25) is 5.91 Å². The summed E-state index contributed by atoms with van der Waals surface area (Å²) in [5.74, 6) is -2.32. The standard InChI is InChI=1S/C54H102N2O9/c1-6-9-12-15-18-21-24-27-30-33-36-39-50(58)63-46-54(55-49(57)42-43-53(61)62-45-44-56(4)5,47-64-51(59)40-37-34-31-28-25-22-19-16-13-10-7-2)48-65-52(60)41-38-35-32-29-26-23-20-17-14-11-8-3/h6-48H2,1-5H3,(H,55,57). The van der Waals surface area contributed by atoms with Crippen LogP contribution in [0, 0.1) is 0 Å². The van der Waals surface area contributed by atoms with E-state index in [4.69, 9.17) is 18.9 Å². The van der Waals surface area contributed by atoms with Crippen molar-refractivity contribution in [3.05, 3.63) is 0 Å². The number of amides is 1. The van der Waals surface area contributed by atoms with E-state index in [0.29, 0.717) is 25.8 Å². The fourth-order valence-electron chi connectivity index (χ4n) is 7.89. The van der Waals surface area contributed by atoms with Crippen LogP contribution in [0.15, 0.2) is 0 Å². The number of rotatable bonds is 49. The van der Waals surface area contributed by atoms with Crippen molar-refractivity contribution in [2.45, 2.75) is 270 Å². The first-order valence-corrected chi connectivity index (χ1v) is 27.2. The summed E-state index contributed by atoms with van der Waals surface area (Å²) >= 11 is 0. The SMILES string of the molecule is CCCCCCCCCCCCCC(=O)OCC(COC(=O)CCCCCCCCCCCCC)(COC(=O)CCCCCCCCCCCCC)NC(=O)CCC(=O)OCCN(C)C. The maximum Gasteiger partial charge on any atom is 0.306 e. The van der Waals surface area contributed by atoms with Gasteiger partial charge in [-0.3, -0.25) is 24.0 Å². The van der Waals surface area contributed by atoms with Gasteiger partial charge in [0.25, 0.3) is 0 Å². The molecule has 0 aliphatic rings. The minimum Gasteiger partial charge on any atom is -0.464 e. The number of carbonyl (C=O) groups excluding carboxylic acids is 5. The first-order valence-electron chi connectivity index (χ1n) is 27.2. The Labute approximate surface area is 399 Å². The highest BCUT2D eigenvalue weighted by Gasteiger charge is 2.37. The van der Waals surface area contributed by atoms with Crippen molar-refractivity contribution in [1.29, 1.82) is 0 Å². The van der Waals surface area contributed by atoms with Crippen LogP contribution < -0.4 is 5.32 Å². The zero-order valence-corrected chi connectivity index (χ0v) is 43.0. The molecular weight excluding hydrogens is 821 g/mol. The fraction of sp³-hybridized carbons (Fsp3) is 0.907. The summed E-state index contributed by atoms with van der Waals surface area (Å²) in [7, 11) is 3.75. The van der Waals surface area contributed by atoms with Crippen LogP contribution in [0.4, 0.5) is 0 Å². The van der Waals surface area contributed by atoms with Crippen LogP contribution in [-0.2, 0) is 42.9 Å². The summed E-state index contributed by atoms with van der Waals surface area (Å²) in [5, 5.41) is 2.88. The van der Waals surface area contributed by atoms with Gasteiger partial charge in [-0.25, -0.2) is 0 Å². The molecule has 0 spiro atoms. The molecule has 11 heteroatoms. The highest BCUT2D eigenvalue weighted by molar-refractivity contribution is 5.82. The number of unbranched alkanes of at least 4 members (excludes halogenated alkanes) is 30. The molecule has 0 radical (unpaired) electrons. The first-order chi connectivity index (χ1) is 31.6. The maximum absolute atomic E-state index is 13.5. The van der Waals surface area contributed by atoms with E-state index in [1.165, 1.54) is 135 Å². The lowest BCUT2D eigenvalue weighted by Crippen LogP contribution is -2.59. The van der Waals surface area contributed by atoms with E-state index in [1.807, 2.05) is 19.0 Å². The van der Waals surface area contributed by atoms with Gasteiger partial charge in [-0.2, -0.15) is 0 Å². The Morgan fingerprint density at radius 1 is 0.354 bits per heavy atom. The zero-order chi connectivity index (χ0) is 47.9. The maximum atomic E-state index is 13.5. The van der Waals surface area contributed by atoms with E-state index >= 15 is 0 Å². The Hall–Kier alpha value is -2.69. The third kappa shape index (κ3) is 43.6.